The number of likely N-dealkylation sites (N-methyl/N-ethyl adjacent to an activating group) is 1. The monoisotopic (exact) mass is 298 g/mol. The van der Waals surface area contributed by atoms with E-state index in [1.165, 1.54) is 5.75 Å². The Labute approximate surface area is 125 Å². The molecule has 2 rings (SSSR count). The van der Waals surface area contributed by atoms with Crippen LogP contribution in [-0.2, 0) is 6.42 Å². The number of hydrogen-bond donors (Lipinski definition) is 1. The third kappa shape index (κ3) is 3.96. The summed E-state index contributed by atoms with van der Waals surface area (Å²) in [7, 11) is 2.13. The average molecular weight is 298 g/mol. The number of rotatable bonds is 6. The first-order chi connectivity index (χ1) is 9.61. The maximum Gasteiger partial charge on any atom is 0.228 e. The normalized spacial score (nSPS) is 22.4. The highest BCUT2D eigenvalue weighted by molar-refractivity contribution is 7.99. The number of nitrogens with zero attached hydrogens (tertiary/aromatic N) is 3. The van der Waals surface area contributed by atoms with Gasteiger partial charge in [0.2, 0.25) is 5.89 Å². The summed E-state index contributed by atoms with van der Waals surface area (Å²) in [6.45, 7) is 8.62. The van der Waals surface area contributed by atoms with Crippen LogP contribution in [-0.4, -0.2) is 52.7 Å². The lowest BCUT2D eigenvalue weighted by atomic mass is 10.0. The molecule has 0 spiro atoms. The van der Waals surface area contributed by atoms with Gasteiger partial charge in [0, 0.05) is 30.5 Å². The maximum atomic E-state index is 5.46. The molecule has 1 aromatic heterocycles. The van der Waals surface area contributed by atoms with Gasteiger partial charge in [-0.3, -0.25) is 4.90 Å². The van der Waals surface area contributed by atoms with E-state index in [1.807, 2.05) is 11.8 Å². The van der Waals surface area contributed by atoms with Crippen molar-refractivity contribution in [3.8, 4) is 0 Å². The number of hydrogen-bond acceptors (Lipinski definition) is 6. The van der Waals surface area contributed by atoms with Gasteiger partial charge in [-0.1, -0.05) is 25.9 Å². The molecule has 0 radical (unpaired) electrons. The van der Waals surface area contributed by atoms with Crippen LogP contribution in [0.3, 0.4) is 0 Å². The van der Waals surface area contributed by atoms with Crippen LogP contribution in [0.4, 0.5) is 0 Å². The summed E-state index contributed by atoms with van der Waals surface area (Å²) < 4.78 is 5.46. The van der Waals surface area contributed by atoms with Crippen molar-refractivity contribution in [3.63, 3.8) is 0 Å². The van der Waals surface area contributed by atoms with Crippen LogP contribution in [0.5, 0.6) is 0 Å². The number of thioether (sulfide) groups is 1. The van der Waals surface area contributed by atoms with Crippen LogP contribution in [0.2, 0.25) is 0 Å². The van der Waals surface area contributed by atoms with Crippen LogP contribution in [0, 0.1) is 5.92 Å². The van der Waals surface area contributed by atoms with E-state index < -0.39 is 0 Å². The highest BCUT2D eigenvalue weighted by Gasteiger charge is 2.26. The van der Waals surface area contributed by atoms with Crippen molar-refractivity contribution in [1.29, 1.82) is 0 Å². The predicted molar refractivity (Wildman–Crippen MR) is 83.0 cm³/mol. The fourth-order valence-corrected chi connectivity index (χ4v) is 3.65. The number of nitrogens with one attached hydrogen (secondary N) is 1. The molecule has 1 aliphatic rings. The van der Waals surface area contributed by atoms with E-state index in [-0.39, 0.29) is 0 Å². The summed E-state index contributed by atoms with van der Waals surface area (Å²) in [6, 6.07) is 0.689. The van der Waals surface area contributed by atoms with Gasteiger partial charge in [0.15, 0.2) is 5.82 Å². The van der Waals surface area contributed by atoms with Crippen LogP contribution in [0.15, 0.2) is 4.52 Å². The van der Waals surface area contributed by atoms with Gasteiger partial charge < -0.3 is 9.84 Å². The Balaban J connectivity index is 2.00. The second-order valence-corrected chi connectivity index (χ2v) is 6.88. The van der Waals surface area contributed by atoms with Crippen molar-refractivity contribution in [2.24, 2.45) is 5.92 Å². The van der Waals surface area contributed by atoms with E-state index in [4.69, 9.17) is 4.52 Å². The summed E-state index contributed by atoms with van der Waals surface area (Å²) >= 11 is 1.96. The van der Waals surface area contributed by atoms with Crippen molar-refractivity contribution >= 4 is 11.8 Å². The lowest BCUT2D eigenvalue weighted by Crippen LogP contribution is -2.35. The van der Waals surface area contributed by atoms with Crippen molar-refractivity contribution < 1.29 is 4.52 Å². The Morgan fingerprint density at radius 3 is 2.95 bits per heavy atom. The first-order valence-electron chi connectivity index (χ1n) is 7.45. The van der Waals surface area contributed by atoms with Gasteiger partial charge >= 0.3 is 0 Å². The largest absolute Gasteiger partial charge is 0.339 e. The molecule has 1 saturated heterocycles. The molecule has 2 heterocycles. The lowest BCUT2D eigenvalue weighted by molar-refractivity contribution is 0.256. The first-order valence-corrected chi connectivity index (χ1v) is 8.61. The molecule has 114 valence electrons. The summed E-state index contributed by atoms with van der Waals surface area (Å²) in [6.07, 6.45) is 0.808. The van der Waals surface area contributed by atoms with Gasteiger partial charge in [0.25, 0.3) is 0 Å². The minimum atomic E-state index is 0.294. The molecule has 1 aromatic rings. The molecule has 1 fully saturated rings. The van der Waals surface area contributed by atoms with Crippen molar-refractivity contribution in [2.45, 2.75) is 39.3 Å². The van der Waals surface area contributed by atoms with Crippen molar-refractivity contribution in [1.82, 2.24) is 20.4 Å². The molecule has 2 atom stereocenters. The van der Waals surface area contributed by atoms with Gasteiger partial charge in [-0.15, -0.1) is 0 Å². The smallest absolute Gasteiger partial charge is 0.228 e. The van der Waals surface area contributed by atoms with Crippen LogP contribution in [0.1, 0.15) is 38.5 Å². The quantitative estimate of drug-likeness (QED) is 0.866. The summed E-state index contributed by atoms with van der Waals surface area (Å²) in [5.41, 5.74) is 0. The summed E-state index contributed by atoms with van der Waals surface area (Å²) in [4.78, 5) is 6.93. The molecule has 0 amide bonds. The molecule has 0 bridgehead atoms. The molecule has 6 heteroatoms. The van der Waals surface area contributed by atoms with Gasteiger partial charge in [0.1, 0.15) is 0 Å². The maximum absolute atomic E-state index is 5.46. The minimum absolute atomic E-state index is 0.294. The molecule has 5 nitrogen and oxygen atoms in total. The summed E-state index contributed by atoms with van der Waals surface area (Å²) in [5.74, 6) is 4.39. The zero-order chi connectivity index (χ0) is 14.5. The van der Waals surface area contributed by atoms with Crippen LogP contribution in [0.25, 0.3) is 0 Å². The van der Waals surface area contributed by atoms with E-state index >= 15 is 0 Å². The van der Waals surface area contributed by atoms with Gasteiger partial charge in [0.05, 0.1) is 6.04 Å². The molecular weight excluding hydrogens is 272 g/mol. The first kappa shape index (κ1) is 15.8. The van der Waals surface area contributed by atoms with Gasteiger partial charge in [-0.2, -0.15) is 16.7 Å². The third-order valence-corrected chi connectivity index (χ3v) is 4.87. The molecule has 0 saturated carbocycles. The molecule has 0 aliphatic carbocycles. The second-order valence-electron chi connectivity index (χ2n) is 5.73. The third-order valence-electron chi connectivity index (χ3n) is 3.84. The fraction of sp³-hybridized carbons (Fsp3) is 0.857. The van der Waals surface area contributed by atoms with E-state index in [1.54, 1.807) is 0 Å². The van der Waals surface area contributed by atoms with Crippen molar-refractivity contribution in [2.75, 3.05) is 31.6 Å². The van der Waals surface area contributed by atoms with Gasteiger partial charge in [-0.05, 0) is 19.5 Å². The van der Waals surface area contributed by atoms with E-state index in [0.717, 1.165) is 37.0 Å². The Kier molecular flexibility index (Phi) is 5.86. The van der Waals surface area contributed by atoms with Crippen LogP contribution >= 0.6 is 11.8 Å². The standard InChI is InChI=1S/C14H26N4OS/c1-5-15-11(10(2)3)8-13-16-14(17-19-13)12-9-20-7-6-18(12)4/h10-12,15H,5-9H2,1-4H3. The van der Waals surface area contributed by atoms with E-state index in [2.05, 4.69) is 48.2 Å². The Morgan fingerprint density at radius 1 is 1.50 bits per heavy atom. The molecular formula is C14H26N4OS. The Bertz CT molecular complexity index is 410. The SMILES string of the molecule is CCNC(Cc1nc(C2CSCCN2C)no1)C(C)C. The van der Waals surface area contributed by atoms with E-state index in [0.29, 0.717) is 18.0 Å². The molecule has 1 aliphatic heterocycles. The Hall–Kier alpha value is -0.590. The Morgan fingerprint density at radius 2 is 2.30 bits per heavy atom. The molecule has 20 heavy (non-hydrogen) atoms. The summed E-state index contributed by atoms with van der Waals surface area (Å²) in [5, 5.41) is 7.68. The molecule has 2 unspecified atom stereocenters. The van der Waals surface area contributed by atoms with Gasteiger partial charge in [-0.25, -0.2) is 0 Å². The number of aromatic nitrogens is 2. The minimum Gasteiger partial charge on any atom is -0.339 e. The highest BCUT2D eigenvalue weighted by Crippen LogP contribution is 2.26. The predicted octanol–water partition coefficient (Wildman–Crippen LogP) is 1.97. The average Bonchev–Trinajstić information content (AvgIpc) is 2.87. The zero-order valence-corrected chi connectivity index (χ0v) is 13.7. The zero-order valence-electron chi connectivity index (χ0n) is 12.9. The lowest BCUT2D eigenvalue weighted by Gasteiger charge is -2.29. The molecule has 0 aromatic carbocycles. The van der Waals surface area contributed by atoms with E-state index in [9.17, 15) is 0 Å². The van der Waals surface area contributed by atoms with Crippen molar-refractivity contribution in [3.05, 3.63) is 11.7 Å². The molecule has 1 N–H and O–H groups in total. The fourth-order valence-electron chi connectivity index (χ4n) is 2.44. The van der Waals surface area contributed by atoms with Crippen LogP contribution < -0.4 is 5.32 Å². The second kappa shape index (κ2) is 7.43. The highest BCUT2D eigenvalue weighted by atomic mass is 32.2. The topological polar surface area (TPSA) is 54.2 Å².